The van der Waals surface area contributed by atoms with E-state index in [0.717, 1.165) is 2.78 Å². The minimum absolute atomic E-state index is 0.246. The molecule has 0 radical (unpaired) electrons. The van der Waals surface area contributed by atoms with Crippen molar-refractivity contribution in [3.8, 4) is 0 Å². The summed E-state index contributed by atoms with van der Waals surface area (Å²) in [6, 6.07) is 0. The van der Waals surface area contributed by atoms with Crippen molar-refractivity contribution in [3.63, 3.8) is 0 Å². The van der Waals surface area contributed by atoms with Crippen LogP contribution in [0.4, 0.5) is 0 Å². The van der Waals surface area contributed by atoms with Gasteiger partial charge in [0.25, 0.3) is 5.56 Å². The Kier molecular flexibility index (Phi) is 2.81. The molecule has 0 fully saturated rings. The first-order valence-electron chi connectivity index (χ1n) is 2.86. The molecular weight excluding hydrogens is 390 g/mol. The predicted molar refractivity (Wildman–Crippen MR) is 59.0 cm³/mol. The number of hydrogen-bond donors (Lipinski definition) is 1. The molecule has 1 heterocycles. The largest absolute Gasteiger partial charge is 0.423 e. The second-order valence-electron chi connectivity index (χ2n) is 2.10. The van der Waals surface area contributed by atoms with Gasteiger partial charge in [-0.2, -0.15) is 2.78 Å². The lowest BCUT2D eigenvalue weighted by molar-refractivity contribution is 0.160. The third-order valence-corrected chi connectivity index (χ3v) is 3.46. The summed E-state index contributed by atoms with van der Waals surface area (Å²) >= 11 is 3.28. The van der Waals surface area contributed by atoms with Crippen molar-refractivity contribution in [2.24, 2.45) is 0 Å². The lowest BCUT2D eigenvalue weighted by Crippen LogP contribution is -2.37. The van der Waals surface area contributed by atoms with Crippen molar-refractivity contribution in [1.29, 1.82) is 0 Å². The van der Waals surface area contributed by atoms with E-state index in [1.54, 1.807) is 52.4 Å². The normalized spacial score (nSPS) is 10.2. The van der Waals surface area contributed by atoms with Crippen LogP contribution in [0, 0.1) is 10.6 Å². The van der Waals surface area contributed by atoms with Gasteiger partial charge >= 0.3 is 5.69 Å². The van der Waals surface area contributed by atoms with E-state index in [-0.39, 0.29) is 3.70 Å². The Labute approximate surface area is 94.6 Å². The highest BCUT2D eigenvalue weighted by Crippen LogP contribution is 2.02. The molecule has 0 spiro atoms. The van der Waals surface area contributed by atoms with Gasteiger partial charge in [0.15, 0.2) is 0 Å². The van der Waals surface area contributed by atoms with Crippen molar-refractivity contribution in [2.45, 2.75) is 6.92 Å². The van der Waals surface area contributed by atoms with Gasteiger partial charge in [0.1, 0.15) is 3.70 Å². The number of nitrogens with zero attached hydrogens (tertiary/aromatic N) is 2. The molecule has 1 aromatic heterocycles. The van der Waals surface area contributed by atoms with Crippen LogP contribution < -0.4 is 11.2 Å². The molecule has 0 aromatic carbocycles. The highest BCUT2D eigenvalue weighted by Gasteiger charge is 2.11. The topological polar surface area (TPSA) is 64.2 Å². The molecule has 0 saturated heterocycles. The molecule has 1 N–H and O–H groups in total. The Hall–Kier alpha value is -0.0600. The van der Waals surface area contributed by atoms with Gasteiger partial charge in [-0.1, -0.05) is 0 Å². The van der Waals surface area contributed by atoms with E-state index in [4.69, 9.17) is 5.21 Å². The molecule has 0 amide bonds. The molecule has 1 aromatic rings. The minimum Gasteiger partial charge on any atom is -0.423 e. The molecule has 0 aliphatic heterocycles. The standard InChI is InChI=1S/C5H4I2N2O3/c1-2-3(6)9(12)5(11)8(7)4(2)10/h12H,1H3. The molecule has 0 atom stereocenters. The fourth-order valence-corrected chi connectivity index (χ4v) is 1.65. The van der Waals surface area contributed by atoms with E-state index in [1.165, 1.54) is 0 Å². The Morgan fingerprint density at radius 3 is 2.42 bits per heavy atom. The van der Waals surface area contributed by atoms with Gasteiger partial charge in [0.05, 0.1) is 22.9 Å². The molecule has 12 heavy (non-hydrogen) atoms. The Balaban J connectivity index is 3.86. The number of halogens is 2. The maximum absolute atomic E-state index is 11.2. The van der Waals surface area contributed by atoms with Crippen molar-refractivity contribution >= 4 is 45.5 Å². The van der Waals surface area contributed by atoms with E-state index >= 15 is 0 Å². The maximum Gasteiger partial charge on any atom is 0.373 e. The predicted octanol–water partition coefficient (Wildman–Crippen LogP) is 0.358. The van der Waals surface area contributed by atoms with Crippen molar-refractivity contribution < 1.29 is 5.21 Å². The maximum atomic E-state index is 11.2. The average molecular weight is 394 g/mol. The van der Waals surface area contributed by atoms with Crippen LogP contribution in [0.25, 0.3) is 0 Å². The molecule has 0 unspecified atom stereocenters. The number of aromatic nitrogens is 2. The minimum atomic E-state index is -0.740. The summed E-state index contributed by atoms with van der Waals surface area (Å²) in [6.07, 6.45) is 0. The van der Waals surface area contributed by atoms with Crippen LogP contribution >= 0.6 is 45.5 Å². The molecule has 0 bridgehead atoms. The van der Waals surface area contributed by atoms with Gasteiger partial charge in [-0.3, -0.25) is 4.79 Å². The van der Waals surface area contributed by atoms with Gasteiger partial charge in [0.2, 0.25) is 0 Å². The van der Waals surface area contributed by atoms with Gasteiger partial charge in [-0.05, 0) is 29.5 Å². The zero-order chi connectivity index (χ0) is 9.46. The highest BCUT2D eigenvalue weighted by atomic mass is 127. The summed E-state index contributed by atoms with van der Waals surface area (Å²) in [4.78, 5) is 22.2. The Morgan fingerprint density at radius 1 is 1.42 bits per heavy atom. The molecule has 7 heteroatoms. The Bertz CT molecular complexity index is 396. The number of rotatable bonds is 0. The molecule has 0 aliphatic rings. The van der Waals surface area contributed by atoms with Gasteiger partial charge in [-0.25, -0.2) is 4.79 Å². The van der Waals surface area contributed by atoms with Gasteiger partial charge in [-0.15, -0.1) is 4.73 Å². The third kappa shape index (κ3) is 1.39. The van der Waals surface area contributed by atoms with Crippen LogP contribution in [0.15, 0.2) is 9.59 Å². The average Bonchev–Trinajstić information content (AvgIpc) is 2.08. The van der Waals surface area contributed by atoms with E-state index in [0.29, 0.717) is 10.3 Å². The summed E-state index contributed by atoms with van der Waals surface area (Å²) in [7, 11) is 0. The molecule has 5 nitrogen and oxygen atoms in total. The van der Waals surface area contributed by atoms with E-state index in [9.17, 15) is 9.59 Å². The monoisotopic (exact) mass is 394 g/mol. The third-order valence-electron chi connectivity index (χ3n) is 1.34. The van der Waals surface area contributed by atoms with Crippen molar-refractivity contribution in [1.82, 2.24) is 7.51 Å². The second kappa shape index (κ2) is 3.36. The van der Waals surface area contributed by atoms with Crippen LogP contribution in [0.2, 0.25) is 0 Å². The summed E-state index contributed by atoms with van der Waals surface area (Å²) in [5.41, 5.74) is -0.780. The Morgan fingerprint density at radius 2 is 1.92 bits per heavy atom. The fourth-order valence-electron chi connectivity index (χ4n) is 0.648. The highest BCUT2D eigenvalue weighted by molar-refractivity contribution is 14.1. The molecule has 66 valence electrons. The SMILES string of the molecule is Cc1c(I)n(O)c(=O)n(I)c1=O. The van der Waals surface area contributed by atoms with Crippen LogP contribution in [0.5, 0.6) is 0 Å². The van der Waals surface area contributed by atoms with Gasteiger partial charge < -0.3 is 5.21 Å². The molecule has 1 rings (SSSR count). The molecule has 0 aliphatic carbocycles. The zero-order valence-electron chi connectivity index (χ0n) is 5.91. The number of hydrogen-bond acceptors (Lipinski definition) is 3. The lowest BCUT2D eigenvalue weighted by atomic mass is 10.4. The quantitative estimate of drug-likeness (QED) is 0.393. The van der Waals surface area contributed by atoms with Crippen LogP contribution in [-0.2, 0) is 0 Å². The summed E-state index contributed by atoms with van der Waals surface area (Å²) in [5, 5.41) is 9.12. The first-order chi connectivity index (χ1) is 5.46. The zero-order valence-corrected chi connectivity index (χ0v) is 10.2. The smallest absolute Gasteiger partial charge is 0.373 e. The molecule has 0 saturated carbocycles. The first-order valence-corrected chi connectivity index (χ1v) is 4.90. The van der Waals surface area contributed by atoms with E-state index in [2.05, 4.69) is 0 Å². The molecular formula is C5H4I2N2O3. The second-order valence-corrected chi connectivity index (χ2v) is 4.08. The van der Waals surface area contributed by atoms with Crippen LogP contribution in [0.3, 0.4) is 0 Å². The fraction of sp³-hybridized carbons (Fsp3) is 0.200. The summed E-state index contributed by atoms with van der Waals surface area (Å²) in [5.74, 6) is 0. The van der Waals surface area contributed by atoms with E-state index in [1.807, 2.05) is 0 Å². The van der Waals surface area contributed by atoms with Gasteiger partial charge in [0, 0.05) is 5.56 Å². The summed E-state index contributed by atoms with van der Waals surface area (Å²) < 4.78 is 1.52. The lowest BCUT2D eigenvalue weighted by Gasteiger charge is -2.03. The van der Waals surface area contributed by atoms with Crippen LogP contribution in [-0.4, -0.2) is 12.7 Å². The summed E-state index contributed by atoms with van der Waals surface area (Å²) in [6.45, 7) is 1.55. The van der Waals surface area contributed by atoms with Crippen LogP contribution in [0.1, 0.15) is 5.56 Å². The first kappa shape index (κ1) is 10.0. The van der Waals surface area contributed by atoms with Crippen molar-refractivity contribution in [2.75, 3.05) is 0 Å². The van der Waals surface area contributed by atoms with Crippen molar-refractivity contribution in [3.05, 3.63) is 30.1 Å². The van der Waals surface area contributed by atoms with E-state index < -0.39 is 11.2 Å².